The van der Waals surface area contributed by atoms with E-state index in [2.05, 4.69) is 0 Å². The van der Waals surface area contributed by atoms with E-state index < -0.39 is 0 Å². The van der Waals surface area contributed by atoms with Crippen molar-refractivity contribution in [3.05, 3.63) is 70.5 Å². The molecular weight excluding hydrogens is 329 g/mol. The molecule has 1 aliphatic carbocycles. The lowest BCUT2D eigenvalue weighted by Crippen LogP contribution is -2.32. The molecule has 3 rings (SSSR count). The molecule has 2 aromatic rings. The molecule has 1 fully saturated rings. The summed E-state index contributed by atoms with van der Waals surface area (Å²) in [6.45, 7) is 4.27. The molecule has 0 aliphatic heterocycles. The molecule has 0 unspecified atom stereocenters. The van der Waals surface area contributed by atoms with Crippen molar-refractivity contribution in [2.45, 2.75) is 52.1 Å². The highest BCUT2D eigenvalue weighted by atomic mass is 19.1. The summed E-state index contributed by atoms with van der Waals surface area (Å²) in [7, 11) is 0. The van der Waals surface area contributed by atoms with E-state index in [-0.39, 0.29) is 36.4 Å². The predicted octanol–water partition coefficient (Wildman–Crippen LogP) is 4.60. The fourth-order valence-corrected chi connectivity index (χ4v) is 3.17. The third-order valence-electron chi connectivity index (χ3n) is 4.81. The summed E-state index contributed by atoms with van der Waals surface area (Å²) >= 11 is 0. The van der Waals surface area contributed by atoms with Crippen molar-refractivity contribution >= 4 is 11.7 Å². The van der Waals surface area contributed by atoms with E-state index in [4.69, 9.17) is 0 Å². The molecule has 2 aromatic carbocycles. The average molecular weight is 353 g/mol. The van der Waals surface area contributed by atoms with Crippen LogP contribution in [0.25, 0.3) is 0 Å². The smallest absolute Gasteiger partial charge is 0.223 e. The highest BCUT2D eigenvalue weighted by Crippen LogP contribution is 2.29. The monoisotopic (exact) mass is 353 g/mol. The van der Waals surface area contributed by atoms with Gasteiger partial charge < -0.3 is 4.90 Å². The molecule has 3 nitrogen and oxygen atoms in total. The summed E-state index contributed by atoms with van der Waals surface area (Å²) in [5.41, 5.74) is 3.45. The predicted molar refractivity (Wildman–Crippen MR) is 99.5 cm³/mol. The second-order valence-electron chi connectivity index (χ2n) is 7.12. The molecule has 0 N–H and O–H groups in total. The number of halogens is 1. The minimum Gasteiger partial charge on any atom is -0.335 e. The van der Waals surface area contributed by atoms with Gasteiger partial charge in [-0.05, 0) is 56.0 Å². The molecule has 0 saturated heterocycles. The molecule has 136 valence electrons. The quantitative estimate of drug-likeness (QED) is 0.683. The van der Waals surface area contributed by atoms with E-state index in [1.165, 1.54) is 12.1 Å². The number of carbonyl (C=O) groups is 2. The van der Waals surface area contributed by atoms with Crippen LogP contribution in [-0.4, -0.2) is 22.6 Å². The number of benzene rings is 2. The average Bonchev–Trinajstić information content (AvgIpc) is 3.44. The zero-order valence-electron chi connectivity index (χ0n) is 15.3. The highest BCUT2D eigenvalue weighted by Gasteiger charge is 2.32. The minimum atomic E-state index is -0.296. The Balaban J connectivity index is 1.63. The first-order chi connectivity index (χ1) is 12.4. The molecule has 1 aliphatic rings. The van der Waals surface area contributed by atoms with Gasteiger partial charge in [0, 0.05) is 31.0 Å². The molecule has 4 heteroatoms. The number of amides is 1. The summed E-state index contributed by atoms with van der Waals surface area (Å²) in [6, 6.07) is 12.4. The van der Waals surface area contributed by atoms with Crippen LogP contribution in [0.5, 0.6) is 0 Å². The molecule has 26 heavy (non-hydrogen) atoms. The van der Waals surface area contributed by atoms with Crippen LogP contribution in [0, 0.1) is 19.7 Å². The van der Waals surface area contributed by atoms with Crippen LogP contribution in [0.2, 0.25) is 0 Å². The van der Waals surface area contributed by atoms with Crippen LogP contribution in [0.4, 0.5) is 4.39 Å². The molecule has 0 bridgehead atoms. The number of Topliss-reactive ketones (excluding diaryl/α,β-unsaturated/α-hetero) is 1. The number of rotatable bonds is 7. The van der Waals surface area contributed by atoms with Gasteiger partial charge in [-0.3, -0.25) is 9.59 Å². The van der Waals surface area contributed by atoms with E-state index in [0.29, 0.717) is 12.1 Å². The summed E-state index contributed by atoms with van der Waals surface area (Å²) in [4.78, 5) is 27.0. The maximum Gasteiger partial charge on any atom is 0.223 e. The molecule has 0 spiro atoms. The van der Waals surface area contributed by atoms with Crippen LogP contribution in [0.15, 0.2) is 42.5 Å². The van der Waals surface area contributed by atoms with Gasteiger partial charge in [-0.1, -0.05) is 29.8 Å². The summed E-state index contributed by atoms with van der Waals surface area (Å²) < 4.78 is 13.4. The molecule has 0 atom stereocenters. The summed E-state index contributed by atoms with van der Waals surface area (Å²) in [6.07, 6.45) is 2.35. The van der Waals surface area contributed by atoms with E-state index in [0.717, 1.165) is 29.5 Å². The van der Waals surface area contributed by atoms with Crippen molar-refractivity contribution in [2.75, 3.05) is 0 Å². The second kappa shape index (κ2) is 7.81. The third-order valence-corrected chi connectivity index (χ3v) is 4.81. The lowest BCUT2D eigenvalue weighted by atomic mass is 9.99. The molecule has 1 amide bonds. The van der Waals surface area contributed by atoms with Crippen molar-refractivity contribution in [1.82, 2.24) is 4.90 Å². The van der Waals surface area contributed by atoms with Crippen LogP contribution in [-0.2, 0) is 11.3 Å². The number of hydrogen-bond donors (Lipinski definition) is 0. The van der Waals surface area contributed by atoms with Gasteiger partial charge in [0.25, 0.3) is 0 Å². The Morgan fingerprint density at radius 1 is 1.08 bits per heavy atom. The second-order valence-corrected chi connectivity index (χ2v) is 7.12. The first-order valence-electron chi connectivity index (χ1n) is 9.08. The third kappa shape index (κ3) is 4.57. The standard InChI is InChI=1S/C22H24FNO2/c1-15-6-7-16(2)20(12-15)21(25)10-11-22(26)24(19-8-9-19)14-17-4-3-5-18(23)13-17/h3-7,12-13,19H,8-11,14H2,1-2H3. The van der Waals surface area contributed by atoms with E-state index in [9.17, 15) is 14.0 Å². The Hall–Kier alpha value is -2.49. The van der Waals surface area contributed by atoms with Gasteiger partial charge in [0.1, 0.15) is 5.82 Å². The number of aryl methyl sites for hydroxylation is 2. The zero-order chi connectivity index (χ0) is 18.7. The Kier molecular flexibility index (Phi) is 5.50. The molecular formula is C22H24FNO2. The fourth-order valence-electron chi connectivity index (χ4n) is 3.17. The first kappa shape index (κ1) is 18.3. The number of ketones is 1. The molecule has 0 aromatic heterocycles. The lowest BCUT2D eigenvalue weighted by molar-refractivity contribution is -0.132. The van der Waals surface area contributed by atoms with Gasteiger partial charge in [-0.25, -0.2) is 4.39 Å². The van der Waals surface area contributed by atoms with Crippen LogP contribution in [0.3, 0.4) is 0 Å². The largest absolute Gasteiger partial charge is 0.335 e. The number of nitrogens with zero attached hydrogens (tertiary/aromatic N) is 1. The van der Waals surface area contributed by atoms with Crippen molar-refractivity contribution in [2.24, 2.45) is 0 Å². The van der Waals surface area contributed by atoms with Crippen LogP contribution >= 0.6 is 0 Å². The molecule has 1 saturated carbocycles. The molecule has 0 radical (unpaired) electrons. The van der Waals surface area contributed by atoms with E-state index in [1.807, 2.05) is 38.1 Å². The maximum atomic E-state index is 13.4. The van der Waals surface area contributed by atoms with Crippen molar-refractivity contribution < 1.29 is 14.0 Å². The van der Waals surface area contributed by atoms with Crippen molar-refractivity contribution in [3.63, 3.8) is 0 Å². The van der Waals surface area contributed by atoms with Crippen molar-refractivity contribution in [1.29, 1.82) is 0 Å². The topological polar surface area (TPSA) is 37.4 Å². The van der Waals surface area contributed by atoms with Gasteiger partial charge in [-0.15, -0.1) is 0 Å². The van der Waals surface area contributed by atoms with Gasteiger partial charge in [0.2, 0.25) is 5.91 Å². The van der Waals surface area contributed by atoms with E-state index in [1.54, 1.807) is 11.0 Å². The van der Waals surface area contributed by atoms with E-state index >= 15 is 0 Å². The number of hydrogen-bond acceptors (Lipinski definition) is 2. The minimum absolute atomic E-state index is 0.000975. The van der Waals surface area contributed by atoms with Gasteiger partial charge in [0.15, 0.2) is 5.78 Å². The SMILES string of the molecule is Cc1ccc(C)c(C(=O)CCC(=O)N(Cc2cccc(F)c2)C2CC2)c1. The van der Waals surface area contributed by atoms with Crippen LogP contribution < -0.4 is 0 Å². The van der Waals surface area contributed by atoms with Gasteiger partial charge >= 0.3 is 0 Å². The highest BCUT2D eigenvalue weighted by molar-refractivity contribution is 5.99. The van der Waals surface area contributed by atoms with Crippen molar-refractivity contribution in [3.8, 4) is 0 Å². The number of carbonyl (C=O) groups excluding carboxylic acids is 2. The Bertz CT molecular complexity index is 827. The lowest BCUT2D eigenvalue weighted by Gasteiger charge is -2.22. The van der Waals surface area contributed by atoms with Gasteiger partial charge in [-0.2, -0.15) is 0 Å². The van der Waals surface area contributed by atoms with Gasteiger partial charge in [0.05, 0.1) is 0 Å². The molecule has 0 heterocycles. The summed E-state index contributed by atoms with van der Waals surface area (Å²) in [5, 5.41) is 0. The fraction of sp³-hybridized carbons (Fsp3) is 0.364. The summed E-state index contributed by atoms with van der Waals surface area (Å²) in [5.74, 6) is -0.327. The maximum absolute atomic E-state index is 13.4. The Morgan fingerprint density at radius 2 is 1.85 bits per heavy atom. The van der Waals surface area contributed by atoms with Crippen LogP contribution in [0.1, 0.15) is 52.7 Å². The Morgan fingerprint density at radius 3 is 2.54 bits per heavy atom. The zero-order valence-corrected chi connectivity index (χ0v) is 15.3. The Labute approximate surface area is 153 Å². The first-order valence-corrected chi connectivity index (χ1v) is 9.08. The normalized spacial score (nSPS) is 13.5.